The zero-order chi connectivity index (χ0) is 19.4. The van der Waals surface area contributed by atoms with Crippen molar-refractivity contribution in [2.24, 2.45) is 0 Å². The SMILES string of the molecule is COCCn1c(SCC(=O)NCc2ccco2)nc2sc(C)c(C)c2c1=O. The molecule has 3 rings (SSSR count). The Bertz CT molecular complexity index is 992. The minimum atomic E-state index is -0.150. The van der Waals surface area contributed by atoms with Crippen LogP contribution in [-0.2, 0) is 22.6 Å². The number of aromatic nitrogens is 2. The number of hydrogen-bond acceptors (Lipinski definition) is 7. The number of carbonyl (C=O) groups is 1. The zero-order valence-electron chi connectivity index (χ0n) is 15.4. The molecule has 3 aromatic rings. The first kappa shape index (κ1) is 19.7. The molecule has 0 unspecified atom stereocenters. The van der Waals surface area contributed by atoms with Crippen LogP contribution in [0.4, 0.5) is 0 Å². The van der Waals surface area contributed by atoms with E-state index in [1.54, 1.807) is 30.1 Å². The van der Waals surface area contributed by atoms with Crippen LogP contribution in [0.25, 0.3) is 10.2 Å². The normalized spacial score (nSPS) is 11.2. The van der Waals surface area contributed by atoms with Crippen LogP contribution in [0.3, 0.4) is 0 Å². The Kier molecular flexibility index (Phi) is 6.35. The topological polar surface area (TPSA) is 86.4 Å². The van der Waals surface area contributed by atoms with E-state index >= 15 is 0 Å². The van der Waals surface area contributed by atoms with Crippen molar-refractivity contribution in [3.63, 3.8) is 0 Å². The number of nitrogens with zero attached hydrogens (tertiary/aromatic N) is 2. The fourth-order valence-corrected chi connectivity index (χ4v) is 4.50. The molecule has 7 nitrogen and oxygen atoms in total. The van der Waals surface area contributed by atoms with Crippen molar-refractivity contribution < 1.29 is 13.9 Å². The van der Waals surface area contributed by atoms with Crippen molar-refractivity contribution in [1.29, 1.82) is 0 Å². The number of rotatable bonds is 8. The highest BCUT2D eigenvalue weighted by Crippen LogP contribution is 2.28. The van der Waals surface area contributed by atoms with Crippen LogP contribution in [-0.4, -0.2) is 34.9 Å². The first-order valence-corrected chi connectivity index (χ1v) is 10.2. The summed E-state index contributed by atoms with van der Waals surface area (Å²) in [5.41, 5.74) is 0.879. The molecule has 0 saturated carbocycles. The maximum Gasteiger partial charge on any atom is 0.263 e. The van der Waals surface area contributed by atoms with Crippen LogP contribution >= 0.6 is 23.1 Å². The number of methoxy groups -OCH3 is 1. The third kappa shape index (κ3) is 4.42. The summed E-state index contributed by atoms with van der Waals surface area (Å²) in [7, 11) is 1.59. The molecule has 3 heterocycles. The van der Waals surface area contributed by atoms with Gasteiger partial charge in [0.25, 0.3) is 5.56 Å². The number of nitrogens with one attached hydrogen (secondary N) is 1. The van der Waals surface area contributed by atoms with Crippen molar-refractivity contribution in [1.82, 2.24) is 14.9 Å². The van der Waals surface area contributed by atoms with E-state index in [9.17, 15) is 9.59 Å². The summed E-state index contributed by atoms with van der Waals surface area (Å²) in [6.45, 7) is 5.04. The van der Waals surface area contributed by atoms with Gasteiger partial charge in [0.05, 0.1) is 37.1 Å². The molecule has 0 aliphatic carbocycles. The van der Waals surface area contributed by atoms with Crippen LogP contribution in [0.1, 0.15) is 16.2 Å². The fraction of sp³-hybridized carbons (Fsp3) is 0.389. The van der Waals surface area contributed by atoms with Gasteiger partial charge in [-0.15, -0.1) is 11.3 Å². The Morgan fingerprint density at radius 3 is 2.96 bits per heavy atom. The van der Waals surface area contributed by atoms with Gasteiger partial charge in [0, 0.05) is 12.0 Å². The largest absolute Gasteiger partial charge is 0.467 e. The number of ether oxygens (including phenoxy) is 1. The van der Waals surface area contributed by atoms with E-state index in [-0.39, 0.29) is 17.2 Å². The lowest BCUT2D eigenvalue weighted by Gasteiger charge is -2.11. The average molecular weight is 408 g/mol. The predicted octanol–water partition coefficient (Wildman–Crippen LogP) is 2.72. The molecule has 144 valence electrons. The molecule has 0 spiro atoms. The zero-order valence-corrected chi connectivity index (χ0v) is 17.0. The summed E-state index contributed by atoms with van der Waals surface area (Å²) >= 11 is 2.75. The van der Waals surface area contributed by atoms with Gasteiger partial charge in [-0.05, 0) is 31.5 Å². The number of amides is 1. The van der Waals surface area contributed by atoms with Crippen LogP contribution in [0.2, 0.25) is 0 Å². The van der Waals surface area contributed by atoms with Gasteiger partial charge >= 0.3 is 0 Å². The molecule has 0 aliphatic rings. The molecule has 0 fully saturated rings. The molecular formula is C18H21N3O4S2. The molecule has 0 atom stereocenters. The first-order valence-electron chi connectivity index (χ1n) is 8.42. The van der Waals surface area contributed by atoms with Crippen LogP contribution in [0.15, 0.2) is 32.8 Å². The molecule has 1 N–H and O–H groups in total. The number of thioether (sulfide) groups is 1. The standard InChI is InChI=1S/C18H21N3O4S2/c1-11-12(2)27-16-15(11)17(23)21(6-8-24-3)18(20-16)26-10-14(22)19-9-13-5-4-7-25-13/h4-5,7H,6,8-10H2,1-3H3,(H,19,22). The molecule has 0 radical (unpaired) electrons. The maximum atomic E-state index is 13.0. The summed E-state index contributed by atoms with van der Waals surface area (Å²) < 4.78 is 11.9. The van der Waals surface area contributed by atoms with Crippen molar-refractivity contribution in [2.45, 2.75) is 32.1 Å². The van der Waals surface area contributed by atoms with Crippen LogP contribution < -0.4 is 10.9 Å². The Labute approximate surface area is 164 Å². The van der Waals surface area contributed by atoms with E-state index < -0.39 is 0 Å². The lowest BCUT2D eigenvalue weighted by atomic mass is 10.2. The summed E-state index contributed by atoms with van der Waals surface area (Å²) in [6.07, 6.45) is 1.56. The van der Waals surface area contributed by atoms with Gasteiger partial charge in [0.1, 0.15) is 10.6 Å². The lowest BCUT2D eigenvalue weighted by Crippen LogP contribution is -2.27. The van der Waals surface area contributed by atoms with Crippen molar-refractivity contribution in [3.05, 3.63) is 45.0 Å². The number of fused-ring (bicyclic) bond motifs is 1. The van der Waals surface area contributed by atoms with Crippen molar-refractivity contribution >= 4 is 39.2 Å². The second-order valence-electron chi connectivity index (χ2n) is 5.95. The van der Waals surface area contributed by atoms with Crippen LogP contribution in [0.5, 0.6) is 0 Å². The third-order valence-corrected chi connectivity index (χ3v) is 6.22. The van der Waals surface area contributed by atoms with Gasteiger partial charge in [-0.25, -0.2) is 4.98 Å². The molecule has 0 aromatic carbocycles. The average Bonchev–Trinajstić information content (AvgIpc) is 3.26. The summed E-state index contributed by atoms with van der Waals surface area (Å²) in [5.74, 6) is 0.701. The second-order valence-corrected chi connectivity index (χ2v) is 8.10. The third-order valence-electron chi connectivity index (χ3n) is 4.15. The van der Waals surface area contributed by atoms with E-state index in [1.165, 1.54) is 23.1 Å². The Hall–Kier alpha value is -2.10. The van der Waals surface area contributed by atoms with E-state index in [0.717, 1.165) is 10.4 Å². The lowest BCUT2D eigenvalue weighted by molar-refractivity contribution is -0.118. The molecular weight excluding hydrogens is 386 g/mol. The second kappa shape index (κ2) is 8.73. The first-order chi connectivity index (χ1) is 13.0. The highest BCUT2D eigenvalue weighted by molar-refractivity contribution is 7.99. The minimum Gasteiger partial charge on any atom is -0.467 e. The Balaban J connectivity index is 1.79. The molecule has 9 heteroatoms. The molecule has 3 aromatic heterocycles. The molecule has 1 amide bonds. The summed E-state index contributed by atoms with van der Waals surface area (Å²) in [6, 6.07) is 3.57. The quantitative estimate of drug-likeness (QED) is 0.456. The van der Waals surface area contributed by atoms with Gasteiger partial charge in [0.15, 0.2) is 5.16 Å². The molecule has 27 heavy (non-hydrogen) atoms. The van der Waals surface area contributed by atoms with Gasteiger partial charge in [-0.1, -0.05) is 11.8 Å². The summed E-state index contributed by atoms with van der Waals surface area (Å²) in [5, 5.41) is 3.97. The highest BCUT2D eigenvalue weighted by Gasteiger charge is 2.17. The number of hydrogen-bond donors (Lipinski definition) is 1. The Morgan fingerprint density at radius 1 is 1.44 bits per heavy atom. The number of carbonyl (C=O) groups excluding carboxylic acids is 1. The van der Waals surface area contributed by atoms with E-state index in [4.69, 9.17) is 9.15 Å². The number of thiophene rings is 1. The van der Waals surface area contributed by atoms with Gasteiger partial charge in [-0.3, -0.25) is 14.2 Å². The van der Waals surface area contributed by atoms with Gasteiger partial charge in [-0.2, -0.15) is 0 Å². The highest BCUT2D eigenvalue weighted by atomic mass is 32.2. The molecule has 0 aliphatic heterocycles. The number of furan rings is 1. The van der Waals surface area contributed by atoms with E-state index in [2.05, 4.69) is 10.3 Å². The molecule has 0 saturated heterocycles. The predicted molar refractivity (Wildman–Crippen MR) is 107 cm³/mol. The fourth-order valence-electron chi connectivity index (χ4n) is 2.58. The monoisotopic (exact) mass is 407 g/mol. The van der Waals surface area contributed by atoms with E-state index in [0.29, 0.717) is 40.8 Å². The maximum absolute atomic E-state index is 13.0. The van der Waals surface area contributed by atoms with E-state index in [1.807, 2.05) is 13.8 Å². The smallest absolute Gasteiger partial charge is 0.263 e. The summed E-state index contributed by atoms with van der Waals surface area (Å²) in [4.78, 5) is 31.5. The van der Waals surface area contributed by atoms with Crippen LogP contribution in [0, 0.1) is 13.8 Å². The van der Waals surface area contributed by atoms with Gasteiger partial charge in [0.2, 0.25) is 5.91 Å². The van der Waals surface area contributed by atoms with Gasteiger partial charge < -0.3 is 14.5 Å². The minimum absolute atomic E-state index is 0.0857. The number of aryl methyl sites for hydroxylation is 2. The van der Waals surface area contributed by atoms with Crippen molar-refractivity contribution in [3.8, 4) is 0 Å². The molecule has 0 bridgehead atoms. The Morgan fingerprint density at radius 2 is 2.26 bits per heavy atom. The van der Waals surface area contributed by atoms with Crippen molar-refractivity contribution in [2.75, 3.05) is 19.5 Å².